The van der Waals surface area contributed by atoms with E-state index >= 15 is 0 Å². The molecule has 0 amide bonds. The van der Waals surface area contributed by atoms with E-state index in [1.165, 1.54) is 0 Å². The second-order valence-electron chi connectivity index (χ2n) is 4.84. The lowest BCUT2D eigenvalue weighted by atomic mass is 10.0. The highest BCUT2D eigenvalue weighted by Crippen LogP contribution is 2.23. The molecule has 4 nitrogen and oxygen atoms in total. The van der Waals surface area contributed by atoms with E-state index in [-0.39, 0.29) is 0 Å². The van der Waals surface area contributed by atoms with E-state index in [2.05, 4.69) is 10.1 Å². The van der Waals surface area contributed by atoms with Gasteiger partial charge in [-0.05, 0) is 24.6 Å². The van der Waals surface area contributed by atoms with Gasteiger partial charge in [0, 0.05) is 36.3 Å². The molecule has 2 aromatic heterocycles. The Bertz CT molecular complexity index is 715. The van der Waals surface area contributed by atoms with Crippen LogP contribution in [0, 0.1) is 0 Å². The Morgan fingerprint density at radius 3 is 2.90 bits per heavy atom. The highest BCUT2D eigenvalue weighted by Gasteiger charge is 2.12. The van der Waals surface area contributed by atoms with Crippen molar-refractivity contribution in [3.63, 3.8) is 0 Å². The second kappa shape index (κ2) is 5.43. The molecule has 0 aliphatic carbocycles. The topological polar surface area (TPSA) is 50.9 Å². The Hall–Kier alpha value is -2.20. The molecule has 0 radical (unpaired) electrons. The first-order valence-corrected chi connectivity index (χ1v) is 6.81. The minimum atomic E-state index is -0.541. The Morgan fingerprint density at radius 1 is 1.25 bits per heavy atom. The van der Waals surface area contributed by atoms with Gasteiger partial charge < -0.3 is 5.11 Å². The molecule has 20 heavy (non-hydrogen) atoms. The first-order chi connectivity index (χ1) is 9.78. The van der Waals surface area contributed by atoms with Crippen LogP contribution in [-0.2, 0) is 13.0 Å². The highest BCUT2D eigenvalue weighted by atomic mass is 16.3. The van der Waals surface area contributed by atoms with E-state index in [1.54, 1.807) is 12.4 Å². The summed E-state index contributed by atoms with van der Waals surface area (Å²) in [5.41, 5.74) is 2.92. The summed E-state index contributed by atoms with van der Waals surface area (Å²) in [4.78, 5) is 4.34. The molecule has 0 aliphatic heterocycles. The van der Waals surface area contributed by atoms with Gasteiger partial charge in [0.1, 0.15) is 0 Å². The van der Waals surface area contributed by atoms with Crippen molar-refractivity contribution in [2.45, 2.75) is 26.0 Å². The van der Waals surface area contributed by atoms with Gasteiger partial charge in [-0.15, -0.1) is 0 Å². The fraction of sp³-hybridized carbons (Fsp3) is 0.250. The maximum absolute atomic E-state index is 10.4. The SMILES string of the molecule is CCn1cc(C(O)Cc2ccnc3ccccc23)cn1. The number of aryl methyl sites for hydroxylation is 1. The van der Waals surface area contributed by atoms with Crippen LogP contribution in [0.1, 0.15) is 24.2 Å². The van der Waals surface area contributed by atoms with Gasteiger partial charge in [0.25, 0.3) is 0 Å². The molecule has 0 aliphatic rings. The van der Waals surface area contributed by atoms with E-state index < -0.39 is 6.10 Å². The predicted molar refractivity (Wildman–Crippen MR) is 78.3 cm³/mol. The molecular weight excluding hydrogens is 250 g/mol. The fourth-order valence-electron chi connectivity index (χ4n) is 2.38. The van der Waals surface area contributed by atoms with E-state index in [4.69, 9.17) is 0 Å². The summed E-state index contributed by atoms with van der Waals surface area (Å²) >= 11 is 0. The monoisotopic (exact) mass is 267 g/mol. The number of hydrogen-bond donors (Lipinski definition) is 1. The number of hydrogen-bond acceptors (Lipinski definition) is 3. The van der Waals surface area contributed by atoms with Crippen LogP contribution < -0.4 is 0 Å². The van der Waals surface area contributed by atoms with Crippen LogP contribution in [0.5, 0.6) is 0 Å². The molecular formula is C16H17N3O. The van der Waals surface area contributed by atoms with Gasteiger partial charge in [0.15, 0.2) is 0 Å². The number of aliphatic hydroxyl groups excluding tert-OH is 1. The van der Waals surface area contributed by atoms with Crippen LogP contribution in [0.3, 0.4) is 0 Å². The highest BCUT2D eigenvalue weighted by molar-refractivity contribution is 5.81. The molecule has 1 aromatic carbocycles. The first kappa shape index (κ1) is 12.8. The molecule has 3 aromatic rings. The zero-order chi connectivity index (χ0) is 13.9. The Labute approximate surface area is 117 Å². The van der Waals surface area contributed by atoms with E-state index in [1.807, 2.05) is 48.1 Å². The maximum Gasteiger partial charge on any atom is 0.0861 e. The van der Waals surface area contributed by atoms with Crippen LogP contribution in [0.2, 0.25) is 0 Å². The molecule has 0 saturated carbocycles. The molecule has 1 atom stereocenters. The Balaban J connectivity index is 1.89. The maximum atomic E-state index is 10.4. The van der Waals surface area contributed by atoms with Gasteiger partial charge >= 0.3 is 0 Å². The largest absolute Gasteiger partial charge is 0.388 e. The summed E-state index contributed by atoms with van der Waals surface area (Å²) in [6.07, 6.45) is 5.45. The van der Waals surface area contributed by atoms with Gasteiger partial charge in [-0.3, -0.25) is 9.67 Å². The molecule has 102 valence electrons. The predicted octanol–water partition coefficient (Wildman–Crippen LogP) is 2.73. The molecule has 0 spiro atoms. The number of pyridine rings is 1. The van der Waals surface area contributed by atoms with Gasteiger partial charge in [-0.1, -0.05) is 18.2 Å². The lowest BCUT2D eigenvalue weighted by molar-refractivity contribution is 0.178. The number of rotatable bonds is 4. The lowest BCUT2D eigenvalue weighted by Gasteiger charge is -2.10. The molecule has 0 saturated heterocycles. The van der Waals surface area contributed by atoms with E-state index in [0.717, 1.165) is 28.6 Å². The minimum absolute atomic E-state index is 0.541. The summed E-state index contributed by atoms with van der Waals surface area (Å²) in [5.74, 6) is 0. The molecule has 1 N–H and O–H groups in total. The number of fused-ring (bicyclic) bond motifs is 1. The number of benzene rings is 1. The number of aliphatic hydroxyl groups is 1. The molecule has 1 unspecified atom stereocenters. The van der Waals surface area contributed by atoms with Crippen LogP contribution in [-0.4, -0.2) is 19.9 Å². The van der Waals surface area contributed by atoms with E-state index in [0.29, 0.717) is 6.42 Å². The number of aromatic nitrogens is 3. The third-order valence-electron chi connectivity index (χ3n) is 3.51. The van der Waals surface area contributed by atoms with Crippen molar-refractivity contribution in [1.29, 1.82) is 0 Å². The normalized spacial score (nSPS) is 12.7. The Morgan fingerprint density at radius 2 is 2.10 bits per heavy atom. The molecule has 3 rings (SSSR count). The van der Waals surface area contributed by atoms with Crippen LogP contribution in [0.4, 0.5) is 0 Å². The molecule has 0 bridgehead atoms. The van der Waals surface area contributed by atoms with Crippen molar-refractivity contribution in [3.8, 4) is 0 Å². The average molecular weight is 267 g/mol. The van der Waals surface area contributed by atoms with Crippen LogP contribution in [0.15, 0.2) is 48.9 Å². The third-order valence-corrected chi connectivity index (χ3v) is 3.51. The quantitative estimate of drug-likeness (QED) is 0.790. The minimum Gasteiger partial charge on any atom is -0.388 e. The third kappa shape index (κ3) is 2.42. The van der Waals surface area contributed by atoms with Crippen molar-refractivity contribution in [1.82, 2.24) is 14.8 Å². The molecule has 2 heterocycles. The van der Waals surface area contributed by atoms with Gasteiger partial charge in [-0.2, -0.15) is 5.10 Å². The fourth-order valence-corrected chi connectivity index (χ4v) is 2.38. The lowest BCUT2D eigenvalue weighted by Crippen LogP contribution is -2.02. The smallest absolute Gasteiger partial charge is 0.0861 e. The van der Waals surface area contributed by atoms with Crippen LogP contribution in [0.25, 0.3) is 10.9 Å². The number of nitrogens with zero attached hydrogens (tertiary/aromatic N) is 3. The zero-order valence-electron chi connectivity index (χ0n) is 11.4. The summed E-state index contributed by atoms with van der Waals surface area (Å²) < 4.78 is 1.82. The van der Waals surface area contributed by atoms with E-state index in [9.17, 15) is 5.11 Å². The van der Waals surface area contributed by atoms with Crippen molar-refractivity contribution < 1.29 is 5.11 Å². The van der Waals surface area contributed by atoms with Crippen molar-refractivity contribution in [2.24, 2.45) is 0 Å². The first-order valence-electron chi connectivity index (χ1n) is 6.81. The zero-order valence-corrected chi connectivity index (χ0v) is 11.4. The number of para-hydroxylation sites is 1. The van der Waals surface area contributed by atoms with Gasteiger partial charge in [-0.25, -0.2) is 0 Å². The van der Waals surface area contributed by atoms with Crippen LogP contribution >= 0.6 is 0 Å². The standard InChI is InChI=1S/C16H17N3O/c1-2-19-11-13(10-18-19)16(20)9-12-7-8-17-15-6-4-3-5-14(12)15/h3-8,10-11,16,20H,2,9H2,1H3. The van der Waals surface area contributed by atoms with Gasteiger partial charge in [0.05, 0.1) is 17.8 Å². The summed E-state index contributed by atoms with van der Waals surface area (Å²) in [7, 11) is 0. The Kier molecular flexibility index (Phi) is 3.48. The molecule has 4 heteroatoms. The van der Waals surface area contributed by atoms with Crippen molar-refractivity contribution >= 4 is 10.9 Å². The second-order valence-corrected chi connectivity index (χ2v) is 4.84. The summed E-state index contributed by atoms with van der Waals surface area (Å²) in [6, 6.07) is 9.96. The summed E-state index contributed by atoms with van der Waals surface area (Å²) in [5, 5.41) is 15.7. The average Bonchev–Trinajstić information content (AvgIpc) is 2.97. The van der Waals surface area contributed by atoms with Crippen molar-refractivity contribution in [2.75, 3.05) is 0 Å². The van der Waals surface area contributed by atoms with Crippen molar-refractivity contribution in [3.05, 3.63) is 60.0 Å². The molecule has 0 fully saturated rings. The van der Waals surface area contributed by atoms with Gasteiger partial charge in [0.2, 0.25) is 0 Å². The summed E-state index contributed by atoms with van der Waals surface area (Å²) in [6.45, 7) is 2.84.